The van der Waals surface area contributed by atoms with E-state index < -0.39 is 0 Å². The Kier molecular flexibility index (Phi) is 3.41. The molecule has 0 saturated heterocycles. The van der Waals surface area contributed by atoms with E-state index in [1.165, 1.54) is 12.8 Å². The molecule has 1 aromatic rings. The summed E-state index contributed by atoms with van der Waals surface area (Å²) in [6.45, 7) is 4.95. The Morgan fingerprint density at radius 1 is 1.30 bits per heavy atom. The maximum atomic E-state index is 6.66. The summed E-state index contributed by atoms with van der Waals surface area (Å²) in [5.74, 6) is 1.82. The molecule has 1 atom stereocenters. The zero-order chi connectivity index (χ0) is 14.2. The highest BCUT2D eigenvalue weighted by molar-refractivity contribution is 5.51. The van der Waals surface area contributed by atoms with Gasteiger partial charge in [-0.1, -0.05) is 13.0 Å². The highest BCUT2D eigenvalue weighted by atomic mass is 16.5. The van der Waals surface area contributed by atoms with E-state index >= 15 is 0 Å². The lowest BCUT2D eigenvalue weighted by Gasteiger charge is -2.44. The van der Waals surface area contributed by atoms with Crippen molar-refractivity contribution in [3.8, 4) is 11.5 Å². The third kappa shape index (κ3) is 2.28. The van der Waals surface area contributed by atoms with Crippen LogP contribution in [-0.4, -0.2) is 12.2 Å². The van der Waals surface area contributed by atoms with Crippen molar-refractivity contribution in [2.24, 2.45) is 5.73 Å². The molecule has 2 aliphatic rings. The first-order valence-electron chi connectivity index (χ1n) is 7.81. The number of nitrogens with two attached hydrogens (primary N) is 1. The zero-order valence-corrected chi connectivity index (χ0v) is 12.6. The van der Waals surface area contributed by atoms with Crippen molar-refractivity contribution in [1.82, 2.24) is 0 Å². The van der Waals surface area contributed by atoms with Crippen LogP contribution in [0.25, 0.3) is 0 Å². The first kappa shape index (κ1) is 13.7. The van der Waals surface area contributed by atoms with Crippen molar-refractivity contribution < 1.29 is 9.47 Å². The van der Waals surface area contributed by atoms with Crippen LogP contribution < -0.4 is 15.2 Å². The van der Waals surface area contributed by atoms with Crippen LogP contribution in [-0.2, 0) is 5.54 Å². The molecular formula is C17H25NO2. The van der Waals surface area contributed by atoms with E-state index in [2.05, 4.69) is 13.8 Å². The Labute approximate surface area is 121 Å². The standard InChI is InChI=1S/C17H25NO2/c1-3-11-19-13-7-6-8-14-15(13)16(2,18)12-17(20-14)9-4-5-10-17/h6-8H,3-5,9-12,18H2,1-2H3. The van der Waals surface area contributed by atoms with Crippen molar-refractivity contribution in [2.75, 3.05) is 6.61 Å². The predicted octanol–water partition coefficient (Wildman–Crippen LogP) is 3.74. The molecular weight excluding hydrogens is 250 g/mol. The average molecular weight is 275 g/mol. The summed E-state index contributed by atoms with van der Waals surface area (Å²) in [5.41, 5.74) is 7.29. The molecule has 20 heavy (non-hydrogen) atoms. The Balaban J connectivity index is 1.99. The van der Waals surface area contributed by atoms with Gasteiger partial charge in [-0.25, -0.2) is 0 Å². The molecule has 2 N–H and O–H groups in total. The Morgan fingerprint density at radius 2 is 2.05 bits per heavy atom. The first-order valence-corrected chi connectivity index (χ1v) is 7.81. The van der Waals surface area contributed by atoms with E-state index in [9.17, 15) is 0 Å². The summed E-state index contributed by atoms with van der Waals surface area (Å²) in [6, 6.07) is 6.06. The molecule has 3 rings (SSSR count). The second-order valence-corrected chi connectivity index (χ2v) is 6.56. The topological polar surface area (TPSA) is 44.5 Å². The van der Waals surface area contributed by atoms with Gasteiger partial charge >= 0.3 is 0 Å². The lowest BCUT2D eigenvalue weighted by atomic mass is 9.77. The lowest BCUT2D eigenvalue weighted by molar-refractivity contribution is 0.0210. The number of fused-ring (bicyclic) bond motifs is 1. The fourth-order valence-electron chi connectivity index (χ4n) is 3.82. The molecule has 3 nitrogen and oxygen atoms in total. The number of ether oxygens (including phenoxy) is 2. The normalized spacial score (nSPS) is 27.1. The quantitative estimate of drug-likeness (QED) is 0.913. The van der Waals surface area contributed by atoms with Gasteiger partial charge in [0.25, 0.3) is 0 Å². The van der Waals surface area contributed by atoms with Gasteiger partial charge in [-0.3, -0.25) is 0 Å². The maximum absolute atomic E-state index is 6.66. The van der Waals surface area contributed by atoms with Gasteiger partial charge in [-0.2, -0.15) is 0 Å². The van der Waals surface area contributed by atoms with Gasteiger partial charge < -0.3 is 15.2 Å². The highest BCUT2D eigenvalue weighted by Crippen LogP contribution is 2.51. The minimum Gasteiger partial charge on any atom is -0.493 e. The van der Waals surface area contributed by atoms with Crippen LogP contribution in [0.3, 0.4) is 0 Å². The van der Waals surface area contributed by atoms with Crippen LogP contribution >= 0.6 is 0 Å². The number of hydrogen-bond donors (Lipinski definition) is 1. The molecule has 1 aliphatic heterocycles. The third-order valence-corrected chi connectivity index (χ3v) is 4.55. The molecule has 1 fully saturated rings. The largest absolute Gasteiger partial charge is 0.493 e. The van der Waals surface area contributed by atoms with Gasteiger partial charge in [0.2, 0.25) is 0 Å². The van der Waals surface area contributed by atoms with Gasteiger partial charge in [0.1, 0.15) is 17.1 Å². The summed E-state index contributed by atoms with van der Waals surface area (Å²) in [5, 5.41) is 0. The summed E-state index contributed by atoms with van der Waals surface area (Å²) < 4.78 is 12.3. The minimum atomic E-state index is -0.373. The number of rotatable bonds is 3. The van der Waals surface area contributed by atoms with Gasteiger partial charge in [-0.15, -0.1) is 0 Å². The second-order valence-electron chi connectivity index (χ2n) is 6.56. The molecule has 1 spiro atoms. The molecule has 1 saturated carbocycles. The van der Waals surface area contributed by atoms with Crippen molar-refractivity contribution in [2.45, 2.75) is 63.5 Å². The molecule has 0 radical (unpaired) electrons. The molecule has 0 aromatic heterocycles. The molecule has 1 aliphatic carbocycles. The number of benzene rings is 1. The fraction of sp³-hybridized carbons (Fsp3) is 0.647. The van der Waals surface area contributed by atoms with Crippen LogP contribution in [0.2, 0.25) is 0 Å². The average Bonchev–Trinajstić information content (AvgIpc) is 2.82. The van der Waals surface area contributed by atoms with Gasteiger partial charge in [-0.05, 0) is 51.2 Å². The lowest BCUT2D eigenvalue weighted by Crippen LogP contribution is -2.49. The van der Waals surface area contributed by atoms with Crippen LogP contribution in [0.1, 0.15) is 57.9 Å². The highest BCUT2D eigenvalue weighted by Gasteiger charge is 2.48. The van der Waals surface area contributed by atoms with Crippen LogP contribution in [0.5, 0.6) is 11.5 Å². The minimum absolute atomic E-state index is 0.0418. The Morgan fingerprint density at radius 3 is 2.75 bits per heavy atom. The number of hydrogen-bond acceptors (Lipinski definition) is 3. The zero-order valence-electron chi connectivity index (χ0n) is 12.6. The predicted molar refractivity (Wildman–Crippen MR) is 80.2 cm³/mol. The van der Waals surface area contributed by atoms with Crippen molar-refractivity contribution in [3.05, 3.63) is 23.8 Å². The molecule has 1 unspecified atom stereocenters. The van der Waals surface area contributed by atoms with E-state index in [4.69, 9.17) is 15.2 Å². The monoisotopic (exact) mass is 275 g/mol. The van der Waals surface area contributed by atoms with E-state index in [1.54, 1.807) is 0 Å². The summed E-state index contributed by atoms with van der Waals surface area (Å²) in [4.78, 5) is 0. The van der Waals surface area contributed by atoms with Crippen LogP contribution in [0.4, 0.5) is 0 Å². The molecule has 0 amide bonds. The smallest absolute Gasteiger partial charge is 0.128 e. The van der Waals surface area contributed by atoms with Gasteiger partial charge in [0.15, 0.2) is 0 Å². The maximum Gasteiger partial charge on any atom is 0.128 e. The molecule has 1 aromatic carbocycles. The van der Waals surface area contributed by atoms with Crippen LogP contribution in [0, 0.1) is 0 Å². The van der Waals surface area contributed by atoms with Crippen molar-refractivity contribution in [3.63, 3.8) is 0 Å². The molecule has 3 heteroatoms. The van der Waals surface area contributed by atoms with Crippen molar-refractivity contribution in [1.29, 1.82) is 0 Å². The third-order valence-electron chi connectivity index (χ3n) is 4.55. The summed E-state index contributed by atoms with van der Waals surface area (Å²) >= 11 is 0. The van der Waals surface area contributed by atoms with Gasteiger partial charge in [0, 0.05) is 12.0 Å². The molecule has 0 bridgehead atoms. The van der Waals surface area contributed by atoms with E-state index in [0.29, 0.717) is 0 Å². The van der Waals surface area contributed by atoms with Crippen molar-refractivity contribution >= 4 is 0 Å². The molecule has 110 valence electrons. The Bertz CT molecular complexity index is 490. The fourth-order valence-corrected chi connectivity index (χ4v) is 3.82. The van der Waals surface area contributed by atoms with Crippen LogP contribution in [0.15, 0.2) is 18.2 Å². The molecule has 1 heterocycles. The summed E-state index contributed by atoms with van der Waals surface area (Å²) in [7, 11) is 0. The van der Waals surface area contributed by atoms with E-state index in [-0.39, 0.29) is 11.1 Å². The summed E-state index contributed by atoms with van der Waals surface area (Å²) in [6.07, 6.45) is 6.63. The SMILES string of the molecule is CCCOc1cccc2c1C(C)(N)CC1(CCCC1)O2. The first-order chi connectivity index (χ1) is 9.56. The Hall–Kier alpha value is -1.22. The second kappa shape index (κ2) is 4.96. The van der Waals surface area contributed by atoms with Gasteiger partial charge in [0.05, 0.1) is 12.2 Å². The van der Waals surface area contributed by atoms with E-state index in [1.807, 2.05) is 18.2 Å². The van der Waals surface area contributed by atoms with E-state index in [0.717, 1.165) is 49.4 Å².